The van der Waals surface area contributed by atoms with Crippen molar-refractivity contribution in [1.29, 1.82) is 0 Å². The van der Waals surface area contributed by atoms with E-state index in [0.29, 0.717) is 10.8 Å². The number of hydrogen-bond donors (Lipinski definition) is 6. The van der Waals surface area contributed by atoms with Crippen LogP contribution in [0, 0.1) is 10.6 Å². The van der Waals surface area contributed by atoms with E-state index in [4.69, 9.17) is 37.4 Å². The van der Waals surface area contributed by atoms with Gasteiger partial charge in [-0.05, 0) is 12.2 Å². The number of alkyl halides is 2. The van der Waals surface area contributed by atoms with Crippen LogP contribution < -0.4 is 5.73 Å². The summed E-state index contributed by atoms with van der Waals surface area (Å²) in [6.45, 7) is -3.22. The highest BCUT2D eigenvalue weighted by molar-refractivity contribution is 7.71. The molecule has 1 aliphatic heterocycles. The molecular weight excluding hydrogens is 536 g/mol. The summed E-state index contributed by atoms with van der Waals surface area (Å²) in [7, 11) is -17.1. The summed E-state index contributed by atoms with van der Waals surface area (Å²) < 4.78 is 92.0. The number of aromatic nitrogens is 2. The first-order chi connectivity index (χ1) is 14.4. The lowest BCUT2D eigenvalue weighted by atomic mass is 9.97. The van der Waals surface area contributed by atoms with Gasteiger partial charge >= 0.3 is 23.5 Å². The third-order valence-electron chi connectivity index (χ3n) is 3.77. The number of halogens is 3. The first kappa shape index (κ1) is 27.5. The van der Waals surface area contributed by atoms with Crippen LogP contribution in [0.1, 0.15) is 6.23 Å². The third-order valence-corrected chi connectivity index (χ3v) is 7.87. The Morgan fingerprint density at radius 1 is 1.25 bits per heavy atom. The number of nitrogens with two attached hydrogens (primary N) is 1. The molecule has 0 aromatic carbocycles. The zero-order valence-corrected chi connectivity index (χ0v) is 18.7. The number of phosphoric ester groups is 1. The molecule has 0 aliphatic carbocycles. The first-order valence-corrected chi connectivity index (χ1v) is 12.7. The quantitative estimate of drug-likeness (QED) is 0.182. The van der Waals surface area contributed by atoms with E-state index in [2.05, 4.69) is 18.1 Å². The number of nitrogens with zero attached hydrogens (tertiary/aromatic N) is 2. The van der Waals surface area contributed by atoms with E-state index in [1.54, 1.807) is 0 Å². The van der Waals surface area contributed by atoms with Crippen LogP contribution in [0.2, 0.25) is 0 Å². The topological polar surface area (TPSA) is 233 Å². The van der Waals surface area contributed by atoms with Crippen molar-refractivity contribution in [3.05, 3.63) is 16.8 Å². The van der Waals surface area contributed by atoms with Gasteiger partial charge < -0.3 is 35.2 Å². The molecule has 0 amide bonds. The molecule has 15 nitrogen and oxygen atoms in total. The number of hydrogen-bond acceptors (Lipinski definition) is 11. The van der Waals surface area contributed by atoms with E-state index < -0.39 is 77.3 Å². The van der Waals surface area contributed by atoms with Gasteiger partial charge in [-0.1, -0.05) is 0 Å². The monoisotopic (exact) mass is 551 g/mol. The zero-order valence-electron chi connectivity index (χ0n) is 15.2. The first-order valence-electron chi connectivity index (χ1n) is 7.82. The molecule has 1 fully saturated rings. The van der Waals surface area contributed by atoms with Gasteiger partial charge in [-0.15, -0.1) is 0 Å². The summed E-state index contributed by atoms with van der Waals surface area (Å²) in [5.41, 5.74) is 1.91. The largest absolute Gasteiger partial charge is 0.490 e. The molecule has 1 aromatic heterocycles. The highest BCUT2D eigenvalue weighted by atomic mass is 32.1. The Balaban J connectivity index is 2.21. The average molecular weight is 551 g/mol. The number of aliphatic hydroxyl groups excluding tert-OH is 1. The van der Waals surface area contributed by atoms with E-state index in [9.17, 15) is 32.5 Å². The molecule has 0 spiro atoms. The van der Waals surface area contributed by atoms with Crippen molar-refractivity contribution in [2.24, 2.45) is 0 Å². The van der Waals surface area contributed by atoms with Crippen molar-refractivity contribution in [2.75, 3.05) is 19.0 Å². The van der Waals surface area contributed by atoms with Crippen molar-refractivity contribution in [1.82, 2.24) is 9.55 Å². The minimum atomic E-state index is -5.84. The zero-order chi connectivity index (χ0) is 24.7. The Kier molecular flexibility index (Phi) is 8.12. The van der Waals surface area contributed by atoms with Gasteiger partial charge in [0.05, 0.1) is 6.61 Å². The van der Waals surface area contributed by atoms with Crippen molar-refractivity contribution < 1.29 is 69.4 Å². The van der Waals surface area contributed by atoms with Gasteiger partial charge in [-0.2, -0.15) is 13.6 Å². The van der Waals surface area contributed by atoms with Crippen LogP contribution in [0.4, 0.5) is 19.0 Å². The molecule has 0 radical (unpaired) electrons. The van der Waals surface area contributed by atoms with Gasteiger partial charge in [0.2, 0.25) is 10.4 Å². The van der Waals surface area contributed by atoms with E-state index in [1.807, 2.05) is 0 Å². The maximum Gasteiger partial charge on any atom is 0.490 e. The van der Waals surface area contributed by atoms with Gasteiger partial charge in [0, 0.05) is 6.20 Å². The van der Waals surface area contributed by atoms with Crippen LogP contribution in [-0.4, -0.2) is 65.4 Å². The summed E-state index contributed by atoms with van der Waals surface area (Å²) in [5, 5.41) is 10.1. The van der Waals surface area contributed by atoms with E-state index >= 15 is 4.39 Å². The predicted octanol–water partition coefficient (Wildman–Crippen LogP) is 0.613. The molecule has 6 atom stereocenters. The molecule has 1 saturated heterocycles. The average Bonchev–Trinajstić information content (AvgIpc) is 2.85. The fourth-order valence-electron chi connectivity index (χ4n) is 2.48. The molecule has 0 saturated carbocycles. The highest BCUT2D eigenvalue weighted by Crippen LogP contribution is 2.66. The van der Waals surface area contributed by atoms with E-state index in [0.717, 1.165) is 0 Å². The lowest BCUT2D eigenvalue weighted by molar-refractivity contribution is -0.0724. The van der Waals surface area contributed by atoms with Crippen molar-refractivity contribution in [3.8, 4) is 0 Å². The number of ether oxygens (including phenoxy) is 1. The lowest BCUT2D eigenvalue weighted by Gasteiger charge is -2.26. The summed E-state index contributed by atoms with van der Waals surface area (Å²) in [4.78, 5) is 38.8. The third kappa shape index (κ3) is 6.42. The van der Waals surface area contributed by atoms with Crippen LogP contribution in [0.15, 0.2) is 6.20 Å². The van der Waals surface area contributed by atoms with Crippen molar-refractivity contribution >= 4 is 41.5 Å². The van der Waals surface area contributed by atoms with Gasteiger partial charge in [-0.3, -0.25) is 9.09 Å². The van der Waals surface area contributed by atoms with Gasteiger partial charge in [-0.25, -0.2) is 26.9 Å². The summed E-state index contributed by atoms with van der Waals surface area (Å²) in [6, 6.07) is 0. The van der Waals surface area contributed by atoms with Crippen molar-refractivity contribution in [2.45, 2.75) is 24.1 Å². The maximum atomic E-state index is 15.1. The molecular formula is C10H15F3N3O12P3S. The van der Waals surface area contributed by atoms with E-state index in [1.165, 1.54) is 0 Å². The predicted molar refractivity (Wildman–Crippen MR) is 97.0 cm³/mol. The molecule has 3 unspecified atom stereocenters. The molecule has 1 aliphatic rings. The minimum Gasteiger partial charge on any atom is -0.387 e. The van der Waals surface area contributed by atoms with E-state index in [-0.39, 0.29) is 0 Å². The van der Waals surface area contributed by atoms with Crippen LogP contribution in [0.25, 0.3) is 0 Å². The SMILES string of the molecule is Nc1nc(=S)n([C@@H]2O[C@H](COP(=O)(O)OP(=O)(O)OP(=O)(O)O)[C@H](O)C2(F)CF)cc1F. The molecule has 2 rings (SSSR count). The second-order valence-electron chi connectivity index (χ2n) is 6.08. The molecule has 32 heavy (non-hydrogen) atoms. The lowest BCUT2D eigenvalue weighted by Crippen LogP contribution is -2.45. The number of rotatable bonds is 9. The Labute approximate surface area is 181 Å². The Bertz CT molecular complexity index is 1070. The van der Waals surface area contributed by atoms with Crippen LogP contribution in [0.5, 0.6) is 0 Å². The highest BCUT2D eigenvalue weighted by Gasteiger charge is 2.59. The smallest absolute Gasteiger partial charge is 0.387 e. The Morgan fingerprint density at radius 2 is 1.84 bits per heavy atom. The normalized spacial score (nSPS) is 30.1. The molecule has 184 valence electrons. The number of anilines is 1. The number of aliphatic hydroxyl groups is 1. The molecule has 2 heterocycles. The van der Waals surface area contributed by atoms with Crippen LogP contribution in [-0.2, 0) is 31.6 Å². The van der Waals surface area contributed by atoms with Gasteiger partial charge in [0.15, 0.2) is 17.9 Å². The van der Waals surface area contributed by atoms with Crippen LogP contribution >= 0.6 is 35.7 Å². The summed E-state index contributed by atoms with van der Waals surface area (Å²) in [6.07, 6.45) is -6.04. The Morgan fingerprint density at radius 3 is 2.38 bits per heavy atom. The second-order valence-corrected chi connectivity index (χ2v) is 10.9. The Hall–Kier alpha value is -0.780. The molecule has 0 bridgehead atoms. The number of nitrogen functional groups attached to an aromatic ring is 1. The van der Waals surface area contributed by atoms with Gasteiger partial charge in [0.25, 0.3) is 0 Å². The summed E-state index contributed by atoms with van der Waals surface area (Å²) in [5.74, 6) is -1.87. The second kappa shape index (κ2) is 9.46. The molecule has 1 aromatic rings. The standard InChI is InChI=1S/C10H15F3N3O12P3S/c11-3-10(13)6(17)5(26-8(10)16-1-4(12)7(14)15-9(16)32)2-25-30(21,22)28-31(23,24)27-29(18,19)20/h1,5-6,8,17H,2-3H2,(H,21,22)(H,23,24)(H2,14,15,32)(H2,18,19,20)/t5-,6+,8-,10?/m1/s1. The van der Waals surface area contributed by atoms with Crippen molar-refractivity contribution in [3.63, 3.8) is 0 Å². The fourth-order valence-corrected chi connectivity index (χ4v) is 5.75. The van der Waals surface area contributed by atoms with Gasteiger partial charge in [0.1, 0.15) is 18.9 Å². The molecule has 22 heteroatoms. The maximum absolute atomic E-state index is 15.1. The fraction of sp³-hybridized carbons (Fsp3) is 0.600. The molecule has 7 N–H and O–H groups in total. The summed E-state index contributed by atoms with van der Waals surface area (Å²) >= 11 is 4.77. The van der Waals surface area contributed by atoms with Crippen LogP contribution in [0.3, 0.4) is 0 Å². The number of phosphoric acid groups is 3. The minimum absolute atomic E-state index is 0.481.